The smallest absolute Gasteiger partial charge is 0.123 e. The molecule has 0 spiro atoms. The normalized spacial score (nSPS) is 10.0. The lowest BCUT2D eigenvalue weighted by Gasteiger charge is -2.20. The minimum Gasteiger partial charge on any atom is -0.370 e. The molecule has 2 aromatic rings. The molecule has 19 heavy (non-hydrogen) atoms. The van der Waals surface area contributed by atoms with E-state index in [2.05, 4.69) is 22.0 Å². The quantitative estimate of drug-likeness (QED) is 0.852. The number of rotatable bonds is 3. The Labute approximate surface area is 120 Å². The van der Waals surface area contributed by atoms with Crippen LogP contribution in [0.4, 0.5) is 10.1 Å². The second kappa shape index (κ2) is 5.85. The summed E-state index contributed by atoms with van der Waals surface area (Å²) in [7, 11) is 1.93. The van der Waals surface area contributed by atoms with Crippen LogP contribution in [0.1, 0.15) is 11.1 Å². The first-order valence-corrected chi connectivity index (χ1v) is 6.54. The number of benzene rings is 2. The second-order valence-corrected chi connectivity index (χ2v) is 5.12. The molecule has 0 aliphatic heterocycles. The van der Waals surface area contributed by atoms with E-state index in [1.807, 2.05) is 30.1 Å². The third kappa shape index (κ3) is 3.33. The van der Waals surface area contributed by atoms with Crippen molar-refractivity contribution >= 4 is 21.6 Å². The van der Waals surface area contributed by atoms with E-state index >= 15 is 0 Å². The van der Waals surface area contributed by atoms with Crippen LogP contribution in [0.3, 0.4) is 0 Å². The van der Waals surface area contributed by atoms with Gasteiger partial charge >= 0.3 is 0 Å². The Balaban J connectivity index is 2.18. The summed E-state index contributed by atoms with van der Waals surface area (Å²) < 4.78 is 13.9. The van der Waals surface area contributed by atoms with Gasteiger partial charge in [0.15, 0.2) is 0 Å². The van der Waals surface area contributed by atoms with E-state index in [0.717, 1.165) is 15.7 Å². The van der Waals surface area contributed by atoms with E-state index < -0.39 is 0 Å². The summed E-state index contributed by atoms with van der Waals surface area (Å²) in [5, 5.41) is 8.88. The molecule has 0 aliphatic carbocycles. The predicted octanol–water partition coefficient (Wildman–Crippen LogP) is 4.10. The Bertz CT molecular complexity index is 634. The number of nitriles is 1. The van der Waals surface area contributed by atoms with Crippen LogP contribution in [0, 0.1) is 17.1 Å². The number of hydrogen-bond acceptors (Lipinski definition) is 2. The fourth-order valence-electron chi connectivity index (χ4n) is 1.83. The van der Waals surface area contributed by atoms with Gasteiger partial charge in [-0.3, -0.25) is 0 Å². The van der Waals surface area contributed by atoms with Crippen molar-refractivity contribution in [1.29, 1.82) is 5.26 Å². The van der Waals surface area contributed by atoms with Crippen molar-refractivity contribution in [2.75, 3.05) is 11.9 Å². The Morgan fingerprint density at radius 2 is 2.05 bits per heavy atom. The molecule has 4 heteroatoms. The molecule has 0 atom stereocenters. The summed E-state index contributed by atoms with van der Waals surface area (Å²) in [5.74, 6) is -0.230. The van der Waals surface area contributed by atoms with E-state index in [-0.39, 0.29) is 5.82 Å². The van der Waals surface area contributed by atoms with E-state index in [4.69, 9.17) is 5.26 Å². The third-order valence-corrected chi connectivity index (χ3v) is 3.48. The molecule has 96 valence electrons. The highest BCUT2D eigenvalue weighted by Gasteiger charge is 2.06. The average molecular weight is 319 g/mol. The lowest BCUT2D eigenvalue weighted by molar-refractivity contribution is 0.625. The van der Waals surface area contributed by atoms with Gasteiger partial charge < -0.3 is 4.90 Å². The maximum Gasteiger partial charge on any atom is 0.123 e. The zero-order chi connectivity index (χ0) is 13.8. The fourth-order valence-corrected chi connectivity index (χ4v) is 2.29. The highest BCUT2D eigenvalue weighted by atomic mass is 79.9. The summed E-state index contributed by atoms with van der Waals surface area (Å²) in [6.45, 7) is 0.607. The SMILES string of the molecule is CN(Cc1cccc(F)c1)c1ccc(C#N)c(Br)c1. The molecule has 2 aromatic carbocycles. The molecule has 0 aromatic heterocycles. The maximum absolute atomic E-state index is 13.1. The van der Waals surface area contributed by atoms with Gasteiger partial charge in [0.05, 0.1) is 5.56 Å². The van der Waals surface area contributed by atoms with E-state index in [0.29, 0.717) is 12.1 Å². The molecule has 0 fully saturated rings. The third-order valence-electron chi connectivity index (χ3n) is 2.82. The number of anilines is 1. The Morgan fingerprint density at radius 3 is 2.68 bits per heavy atom. The number of nitrogens with zero attached hydrogens (tertiary/aromatic N) is 2. The summed E-state index contributed by atoms with van der Waals surface area (Å²) >= 11 is 3.36. The first-order chi connectivity index (χ1) is 9.10. The highest BCUT2D eigenvalue weighted by molar-refractivity contribution is 9.10. The molecule has 0 heterocycles. The lowest BCUT2D eigenvalue weighted by Crippen LogP contribution is -2.16. The van der Waals surface area contributed by atoms with Gasteiger partial charge in [0.2, 0.25) is 0 Å². The van der Waals surface area contributed by atoms with Gasteiger partial charge in [0.1, 0.15) is 11.9 Å². The van der Waals surface area contributed by atoms with Gasteiger partial charge in [-0.25, -0.2) is 4.39 Å². The summed E-state index contributed by atoms with van der Waals surface area (Å²) in [6, 6.07) is 14.2. The van der Waals surface area contributed by atoms with Crippen LogP contribution in [0.25, 0.3) is 0 Å². The van der Waals surface area contributed by atoms with E-state index in [1.165, 1.54) is 12.1 Å². The molecular weight excluding hydrogens is 307 g/mol. The van der Waals surface area contributed by atoms with Crippen LogP contribution in [-0.2, 0) is 6.54 Å². The monoisotopic (exact) mass is 318 g/mol. The molecule has 2 nitrogen and oxygen atoms in total. The van der Waals surface area contributed by atoms with Gasteiger partial charge in [0, 0.05) is 23.8 Å². The van der Waals surface area contributed by atoms with Gasteiger partial charge in [-0.15, -0.1) is 0 Å². The largest absolute Gasteiger partial charge is 0.370 e. The second-order valence-electron chi connectivity index (χ2n) is 4.26. The van der Waals surface area contributed by atoms with E-state index in [1.54, 1.807) is 12.1 Å². The number of halogens is 2. The van der Waals surface area contributed by atoms with Crippen LogP contribution in [0.15, 0.2) is 46.9 Å². The first kappa shape index (κ1) is 13.6. The Morgan fingerprint density at radius 1 is 1.26 bits per heavy atom. The van der Waals surface area contributed by atoms with Crippen molar-refractivity contribution in [3.63, 3.8) is 0 Å². The summed E-state index contributed by atoms with van der Waals surface area (Å²) in [5.41, 5.74) is 2.47. The van der Waals surface area contributed by atoms with Crippen molar-refractivity contribution in [2.24, 2.45) is 0 Å². The maximum atomic E-state index is 13.1. The van der Waals surface area contributed by atoms with Crippen molar-refractivity contribution in [2.45, 2.75) is 6.54 Å². The van der Waals surface area contributed by atoms with Crippen molar-refractivity contribution in [1.82, 2.24) is 0 Å². The highest BCUT2D eigenvalue weighted by Crippen LogP contribution is 2.24. The van der Waals surface area contributed by atoms with Crippen molar-refractivity contribution in [3.8, 4) is 6.07 Å². The molecule has 0 N–H and O–H groups in total. The lowest BCUT2D eigenvalue weighted by atomic mass is 10.2. The topological polar surface area (TPSA) is 27.0 Å². The Kier molecular flexibility index (Phi) is 4.18. The minimum absolute atomic E-state index is 0.230. The van der Waals surface area contributed by atoms with Crippen LogP contribution < -0.4 is 4.90 Å². The molecule has 0 aliphatic rings. The minimum atomic E-state index is -0.230. The molecule has 0 radical (unpaired) electrons. The summed E-state index contributed by atoms with van der Waals surface area (Å²) in [6.07, 6.45) is 0. The molecule has 0 unspecified atom stereocenters. The van der Waals surface area contributed by atoms with Crippen LogP contribution >= 0.6 is 15.9 Å². The molecule has 0 amide bonds. The van der Waals surface area contributed by atoms with Gasteiger partial charge in [-0.2, -0.15) is 5.26 Å². The first-order valence-electron chi connectivity index (χ1n) is 5.75. The molecular formula is C15H12BrFN2. The van der Waals surface area contributed by atoms with E-state index in [9.17, 15) is 4.39 Å². The van der Waals surface area contributed by atoms with Crippen molar-refractivity contribution < 1.29 is 4.39 Å². The zero-order valence-electron chi connectivity index (χ0n) is 10.4. The summed E-state index contributed by atoms with van der Waals surface area (Å²) in [4.78, 5) is 2.00. The zero-order valence-corrected chi connectivity index (χ0v) is 12.0. The molecule has 0 saturated heterocycles. The Hall–Kier alpha value is -1.86. The van der Waals surface area contributed by atoms with Crippen LogP contribution in [-0.4, -0.2) is 7.05 Å². The predicted molar refractivity (Wildman–Crippen MR) is 77.4 cm³/mol. The van der Waals surface area contributed by atoms with Gasteiger partial charge in [-0.05, 0) is 51.8 Å². The van der Waals surface area contributed by atoms with Gasteiger partial charge in [-0.1, -0.05) is 12.1 Å². The number of hydrogen-bond donors (Lipinski definition) is 0. The standard InChI is InChI=1S/C15H12BrFN2/c1-19(10-11-3-2-4-13(17)7-11)14-6-5-12(9-18)15(16)8-14/h2-8H,10H2,1H3. The van der Waals surface area contributed by atoms with Crippen LogP contribution in [0.5, 0.6) is 0 Å². The molecule has 0 bridgehead atoms. The average Bonchev–Trinajstić information content (AvgIpc) is 2.38. The van der Waals surface area contributed by atoms with Crippen LogP contribution in [0.2, 0.25) is 0 Å². The molecule has 0 saturated carbocycles. The fraction of sp³-hybridized carbons (Fsp3) is 0.133. The molecule has 2 rings (SSSR count). The van der Waals surface area contributed by atoms with Crippen molar-refractivity contribution in [3.05, 3.63) is 63.9 Å². The van der Waals surface area contributed by atoms with Gasteiger partial charge in [0.25, 0.3) is 0 Å².